The maximum absolute atomic E-state index is 13.0. The smallest absolute Gasteiger partial charge is 0.387 e. The van der Waals surface area contributed by atoms with Crippen molar-refractivity contribution >= 4 is 22.4 Å². The van der Waals surface area contributed by atoms with Gasteiger partial charge in [-0.15, -0.1) is 0 Å². The maximum atomic E-state index is 13.0. The van der Waals surface area contributed by atoms with Crippen LogP contribution in [0.2, 0.25) is 0 Å². The summed E-state index contributed by atoms with van der Waals surface area (Å²) >= 11 is 0. The summed E-state index contributed by atoms with van der Waals surface area (Å²) in [7, 11) is 0. The number of rotatable bonds is 5. The van der Waals surface area contributed by atoms with Crippen molar-refractivity contribution in [3.63, 3.8) is 0 Å². The second kappa shape index (κ2) is 7.30. The lowest BCUT2D eigenvalue weighted by molar-refractivity contribution is -0.0501. The van der Waals surface area contributed by atoms with Crippen molar-refractivity contribution in [2.45, 2.75) is 13.5 Å². The summed E-state index contributed by atoms with van der Waals surface area (Å²) in [5, 5.41) is 1.93. The van der Waals surface area contributed by atoms with E-state index in [1.807, 2.05) is 49.4 Å². The summed E-state index contributed by atoms with van der Waals surface area (Å²) in [6.07, 6.45) is 0. The number of amides is 1. The topological polar surface area (TPSA) is 29.5 Å². The number of anilines is 1. The molecule has 0 saturated heterocycles. The van der Waals surface area contributed by atoms with E-state index < -0.39 is 6.61 Å². The Morgan fingerprint density at radius 3 is 2.44 bits per heavy atom. The van der Waals surface area contributed by atoms with Crippen LogP contribution in [0.4, 0.5) is 14.5 Å². The molecule has 128 valence electrons. The predicted octanol–water partition coefficient (Wildman–Crippen LogP) is 5.11. The number of nitrogens with zero attached hydrogens (tertiary/aromatic N) is 1. The number of carbonyl (C=O) groups is 1. The van der Waals surface area contributed by atoms with Gasteiger partial charge in [0.05, 0.1) is 11.3 Å². The number of para-hydroxylation sites is 1. The Labute approximate surface area is 144 Å². The molecule has 0 bridgehead atoms. The normalized spacial score (nSPS) is 10.9. The Morgan fingerprint density at radius 2 is 1.68 bits per heavy atom. The largest absolute Gasteiger partial charge is 0.434 e. The molecule has 0 fully saturated rings. The van der Waals surface area contributed by atoms with Gasteiger partial charge in [-0.25, -0.2) is 0 Å². The van der Waals surface area contributed by atoms with Gasteiger partial charge in [0.25, 0.3) is 5.91 Å². The van der Waals surface area contributed by atoms with Gasteiger partial charge in [-0.3, -0.25) is 4.79 Å². The third-order valence-corrected chi connectivity index (χ3v) is 3.95. The Balaban J connectivity index is 2.06. The number of carbonyl (C=O) groups excluding carboxylic acids is 1. The molecule has 3 nitrogen and oxygen atoms in total. The van der Waals surface area contributed by atoms with E-state index in [4.69, 9.17) is 0 Å². The highest BCUT2D eigenvalue weighted by molar-refractivity contribution is 6.12. The van der Waals surface area contributed by atoms with Crippen LogP contribution in [0.5, 0.6) is 5.75 Å². The van der Waals surface area contributed by atoms with Gasteiger partial charge in [-0.05, 0) is 30.5 Å². The van der Waals surface area contributed by atoms with E-state index in [1.165, 1.54) is 12.1 Å². The van der Waals surface area contributed by atoms with Crippen molar-refractivity contribution in [2.75, 3.05) is 11.4 Å². The first-order chi connectivity index (χ1) is 12.1. The van der Waals surface area contributed by atoms with Gasteiger partial charge in [0.1, 0.15) is 5.75 Å². The van der Waals surface area contributed by atoms with Gasteiger partial charge in [0, 0.05) is 11.9 Å². The third-order valence-electron chi connectivity index (χ3n) is 3.95. The van der Waals surface area contributed by atoms with Crippen LogP contribution in [0.15, 0.2) is 66.7 Å². The first-order valence-electron chi connectivity index (χ1n) is 7.95. The summed E-state index contributed by atoms with van der Waals surface area (Å²) in [5.41, 5.74) is 0.843. The van der Waals surface area contributed by atoms with E-state index >= 15 is 0 Å². The number of hydrogen-bond donors (Lipinski definition) is 0. The van der Waals surface area contributed by atoms with E-state index in [0.717, 1.165) is 16.5 Å². The molecule has 1 amide bonds. The Kier molecular flexibility index (Phi) is 4.93. The quantitative estimate of drug-likeness (QED) is 0.645. The van der Waals surface area contributed by atoms with Crippen LogP contribution in [0.25, 0.3) is 10.8 Å². The monoisotopic (exact) mass is 341 g/mol. The number of alkyl halides is 2. The lowest BCUT2D eigenvalue weighted by atomic mass is 10.1. The van der Waals surface area contributed by atoms with Crippen LogP contribution in [0.1, 0.15) is 17.3 Å². The zero-order valence-corrected chi connectivity index (χ0v) is 13.7. The molecule has 0 unspecified atom stereocenters. The van der Waals surface area contributed by atoms with Crippen LogP contribution in [-0.2, 0) is 0 Å². The zero-order chi connectivity index (χ0) is 17.8. The van der Waals surface area contributed by atoms with Crippen molar-refractivity contribution in [3.05, 3.63) is 72.3 Å². The average molecular weight is 341 g/mol. The highest BCUT2D eigenvalue weighted by atomic mass is 19.3. The first-order valence-corrected chi connectivity index (χ1v) is 7.95. The van der Waals surface area contributed by atoms with Gasteiger partial charge in [-0.2, -0.15) is 8.78 Å². The lowest BCUT2D eigenvalue weighted by Crippen LogP contribution is -2.31. The van der Waals surface area contributed by atoms with Gasteiger partial charge in [0.2, 0.25) is 0 Å². The molecule has 0 N–H and O–H groups in total. The van der Waals surface area contributed by atoms with Gasteiger partial charge >= 0.3 is 6.61 Å². The van der Waals surface area contributed by atoms with E-state index in [9.17, 15) is 13.6 Å². The van der Waals surface area contributed by atoms with Crippen molar-refractivity contribution in [2.24, 2.45) is 0 Å². The molecule has 0 heterocycles. The zero-order valence-electron chi connectivity index (χ0n) is 13.7. The Hall–Kier alpha value is -2.95. The molecule has 3 aromatic rings. The first kappa shape index (κ1) is 16.9. The molecule has 25 heavy (non-hydrogen) atoms. The molecule has 0 aliphatic carbocycles. The fourth-order valence-corrected chi connectivity index (χ4v) is 2.85. The minimum atomic E-state index is -2.98. The molecular weight excluding hydrogens is 324 g/mol. The standard InChI is InChI=1S/C20H17F2NO2/c1-2-23(17-12-7-9-14-8-3-4-10-15(14)17)19(24)16-11-5-6-13-18(16)25-20(21)22/h3-13,20H,2H2,1H3. The number of hydrogen-bond acceptors (Lipinski definition) is 2. The van der Waals surface area contributed by atoms with Gasteiger partial charge in [-0.1, -0.05) is 48.5 Å². The summed E-state index contributed by atoms with van der Waals surface area (Å²) in [6.45, 7) is -0.742. The van der Waals surface area contributed by atoms with E-state index in [-0.39, 0.29) is 17.2 Å². The number of ether oxygens (including phenoxy) is 1. The minimum Gasteiger partial charge on any atom is -0.434 e. The highest BCUT2D eigenvalue weighted by Crippen LogP contribution is 2.30. The molecule has 0 aliphatic heterocycles. The summed E-state index contributed by atoms with van der Waals surface area (Å²) in [4.78, 5) is 14.6. The lowest BCUT2D eigenvalue weighted by Gasteiger charge is -2.24. The summed E-state index contributed by atoms with van der Waals surface area (Å²) < 4.78 is 29.8. The molecule has 5 heteroatoms. The van der Waals surface area contributed by atoms with Crippen LogP contribution in [0.3, 0.4) is 0 Å². The van der Waals surface area contributed by atoms with E-state index in [0.29, 0.717) is 6.54 Å². The minimum absolute atomic E-state index is 0.109. The Bertz CT molecular complexity index is 890. The number of halogens is 2. The summed E-state index contributed by atoms with van der Waals surface area (Å²) in [6, 6.07) is 19.5. The number of fused-ring (bicyclic) bond motifs is 1. The van der Waals surface area contributed by atoms with Crippen LogP contribution in [-0.4, -0.2) is 19.1 Å². The van der Waals surface area contributed by atoms with E-state index in [1.54, 1.807) is 17.0 Å². The van der Waals surface area contributed by atoms with Crippen molar-refractivity contribution in [3.8, 4) is 5.75 Å². The second-order valence-corrected chi connectivity index (χ2v) is 5.42. The van der Waals surface area contributed by atoms with Gasteiger partial charge in [0.15, 0.2) is 0 Å². The highest BCUT2D eigenvalue weighted by Gasteiger charge is 2.22. The van der Waals surface area contributed by atoms with Crippen molar-refractivity contribution in [1.29, 1.82) is 0 Å². The van der Waals surface area contributed by atoms with E-state index in [2.05, 4.69) is 4.74 Å². The molecule has 0 aromatic heterocycles. The van der Waals surface area contributed by atoms with Crippen LogP contribution in [0, 0.1) is 0 Å². The van der Waals surface area contributed by atoms with Crippen LogP contribution < -0.4 is 9.64 Å². The van der Waals surface area contributed by atoms with Crippen molar-refractivity contribution < 1.29 is 18.3 Å². The Morgan fingerprint density at radius 1 is 1.00 bits per heavy atom. The average Bonchev–Trinajstić information content (AvgIpc) is 2.62. The predicted molar refractivity (Wildman–Crippen MR) is 94.4 cm³/mol. The van der Waals surface area contributed by atoms with Crippen molar-refractivity contribution in [1.82, 2.24) is 0 Å². The molecule has 3 rings (SSSR count). The maximum Gasteiger partial charge on any atom is 0.387 e. The molecule has 0 radical (unpaired) electrons. The molecule has 0 spiro atoms. The molecule has 0 saturated carbocycles. The second-order valence-electron chi connectivity index (χ2n) is 5.42. The number of benzene rings is 3. The SMILES string of the molecule is CCN(C(=O)c1ccccc1OC(F)F)c1cccc2ccccc12. The summed E-state index contributed by atoms with van der Waals surface area (Å²) in [5.74, 6) is -0.503. The fourth-order valence-electron chi connectivity index (χ4n) is 2.85. The third kappa shape index (κ3) is 3.45. The van der Waals surface area contributed by atoms with Gasteiger partial charge < -0.3 is 9.64 Å². The fraction of sp³-hybridized carbons (Fsp3) is 0.150. The molecule has 3 aromatic carbocycles. The molecular formula is C20H17F2NO2. The molecule has 0 aliphatic rings. The van der Waals surface area contributed by atoms with Crippen LogP contribution >= 0.6 is 0 Å². The molecule has 0 atom stereocenters.